The van der Waals surface area contributed by atoms with Crippen molar-refractivity contribution < 1.29 is 9.53 Å². The lowest BCUT2D eigenvalue weighted by atomic mass is 9.75. The molecule has 1 amide bonds. The summed E-state index contributed by atoms with van der Waals surface area (Å²) >= 11 is 0. The van der Waals surface area contributed by atoms with Crippen molar-refractivity contribution >= 4 is 23.2 Å². The molecular formula is C31H42N2O2. The average Bonchev–Trinajstić information content (AvgIpc) is 3.28. The number of nitrogens with one attached hydrogen (secondary N) is 1. The van der Waals surface area contributed by atoms with E-state index < -0.39 is 5.91 Å². The van der Waals surface area contributed by atoms with Crippen molar-refractivity contribution in [1.82, 2.24) is 0 Å². The van der Waals surface area contributed by atoms with Gasteiger partial charge in [0, 0.05) is 12.0 Å². The Morgan fingerprint density at radius 3 is 2.57 bits per heavy atom. The maximum atomic E-state index is 12.8. The normalized spacial score (nSPS) is 16.7. The van der Waals surface area contributed by atoms with E-state index in [1.165, 1.54) is 0 Å². The number of carbonyl (C=O) groups is 1. The second-order valence-electron chi connectivity index (χ2n) is 9.37. The molecule has 1 aromatic rings. The van der Waals surface area contributed by atoms with E-state index in [1.807, 2.05) is 19.9 Å². The van der Waals surface area contributed by atoms with Crippen LogP contribution in [0.1, 0.15) is 93.8 Å². The number of carbonyl (C=O) groups excluding carboxylic acids is 1. The number of amides is 1. The van der Waals surface area contributed by atoms with Crippen LogP contribution in [0.3, 0.4) is 0 Å². The first kappa shape index (κ1) is 28.0. The zero-order chi connectivity index (χ0) is 26.0. The Kier molecular flexibility index (Phi) is 10.4. The lowest BCUT2D eigenvalue weighted by Crippen LogP contribution is -2.26. The molecule has 1 heterocycles. The Hall–Kier alpha value is -3.27. The van der Waals surface area contributed by atoms with E-state index in [9.17, 15) is 4.79 Å². The molecule has 0 spiro atoms. The number of ether oxygens (including phenoxy) is 1. The van der Waals surface area contributed by atoms with Crippen LogP contribution in [0.5, 0.6) is 0 Å². The summed E-state index contributed by atoms with van der Waals surface area (Å²) < 4.78 is 5.77. The third-order valence-corrected chi connectivity index (χ3v) is 6.53. The molecule has 1 saturated heterocycles. The van der Waals surface area contributed by atoms with Crippen LogP contribution in [0.15, 0.2) is 67.1 Å². The first-order valence-electron chi connectivity index (χ1n) is 12.6. The third kappa shape index (κ3) is 6.66. The Labute approximate surface area is 212 Å². The second kappa shape index (κ2) is 13.0. The fraction of sp³-hybridized carbons (Fsp3) is 0.387. The van der Waals surface area contributed by atoms with Crippen LogP contribution < -0.4 is 11.1 Å². The molecule has 1 aromatic carbocycles. The number of anilines is 1. The van der Waals surface area contributed by atoms with Gasteiger partial charge in [0.2, 0.25) is 0 Å². The van der Waals surface area contributed by atoms with Gasteiger partial charge in [0.05, 0.1) is 17.9 Å². The van der Waals surface area contributed by atoms with Gasteiger partial charge in [0.15, 0.2) is 0 Å². The van der Waals surface area contributed by atoms with E-state index in [4.69, 9.17) is 10.5 Å². The van der Waals surface area contributed by atoms with Crippen LogP contribution in [0.25, 0.3) is 11.6 Å². The Morgan fingerprint density at radius 1 is 1.26 bits per heavy atom. The Balaban J connectivity index is 2.75. The second-order valence-corrected chi connectivity index (χ2v) is 9.37. The van der Waals surface area contributed by atoms with Crippen LogP contribution in [-0.4, -0.2) is 12.5 Å². The molecule has 1 aliphatic heterocycles. The predicted molar refractivity (Wildman–Crippen MR) is 151 cm³/mol. The molecule has 0 aromatic heterocycles. The first-order chi connectivity index (χ1) is 16.7. The summed E-state index contributed by atoms with van der Waals surface area (Å²) in [5.74, 6) is 0.460. The molecular weight excluding hydrogens is 432 g/mol. The van der Waals surface area contributed by atoms with Crippen molar-refractivity contribution in [1.29, 1.82) is 0 Å². The Bertz CT molecular complexity index is 1070. The van der Waals surface area contributed by atoms with Crippen LogP contribution in [0.2, 0.25) is 0 Å². The van der Waals surface area contributed by atoms with Crippen molar-refractivity contribution in [2.24, 2.45) is 5.73 Å². The van der Waals surface area contributed by atoms with Gasteiger partial charge in [0.1, 0.15) is 5.76 Å². The third-order valence-electron chi connectivity index (χ3n) is 6.53. The molecule has 0 atom stereocenters. The summed E-state index contributed by atoms with van der Waals surface area (Å²) in [6, 6.07) is 2.13. The van der Waals surface area contributed by atoms with Gasteiger partial charge in [-0.15, -0.1) is 0 Å². The van der Waals surface area contributed by atoms with Crippen molar-refractivity contribution in [3.63, 3.8) is 0 Å². The van der Waals surface area contributed by atoms with Gasteiger partial charge in [-0.25, -0.2) is 0 Å². The molecule has 4 nitrogen and oxygen atoms in total. The summed E-state index contributed by atoms with van der Waals surface area (Å²) in [5.41, 5.74) is 11.8. The predicted octanol–water partition coefficient (Wildman–Crippen LogP) is 8.05. The van der Waals surface area contributed by atoms with Gasteiger partial charge >= 0.3 is 0 Å². The number of unbranched alkanes of at least 4 members (excludes halogenated alkanes) is 1. The van der Waals surface area contributed by atoms with Gasteiger partial charge < -0.3 is 15.8 Å². The number of hydrogen-bond acceptors (Lipinski definition) is 3. The van der Waals surface area contributed by atoms with Gasteiger partial charge in [-0.3, -0.25) is 4.79 Å². The molecule has 4 heteroatoms. The zero-order valence-electron chi connectivity index (χ0n) is 22.2. The highest BCUT2D eigenvalue weighted by atomic mass is 16.5. The SMILES string of the molecule is C=CNc1c(C=C)c(C(/C=C2/CCO/C2=C/C)=C/C)cc(C(C)(C)CCC/C=C/CC)c1C(N)=O. The van der Waals surface area contributed by atoms with Gasteiger partial charge in [-0.1, -0.05) is 58.2 Å². The van der Waals surface area contributed by atoms with Gasteiger partial charge in [-0.05, 0) is 91.6 Å². The Morgan fingerprint density at radius 2 is 2.00 bits per heavy atom. The molecule has 2 rings (SSSR count). The van der Waals surface area contributed by atoms with Crippen LogP contribution >= 0.6 is 0 Å². The molecule has 0 aliphatic carbocycles. The fourth-order valence-electron chi connectivity index (χ4n) is 4.67. The minimum absolute atomic E-state index is 0.270. The van der Waals surface area contributed by atoms with Crippen LogP contribution in [0.4, 0.5) is 5.69 Å². The highest BCUT2D eigenvalue weighted by molar-refractivity contribution is 6.04. The molecule has 1 fully saturated rings. The first-order valence-corrected chi connectivity index (χ1v) is 12.6. The molecule has 1 aliphatic rings. The number of primary amides is 1. The maximum absolute atomic E-state index is 12.8. The summed E-state index contributed by atoms with van der Waals surface area (Å²) in [7, 11) is 0. The summed E-state index contributed by atoms with van der Waals surface area (Å²) in [6.45, 7) is 19.1. The molecule has 0 radical (unpaired) electrons. The quantitative estimate of drug-likeness (QED) is 0.238. The number of nitrogens with two attached hydrogens (primary N) is 1. The lowest BCUT2D eigenvalue weighted by Gasteiger charge is -2.30. The minimum atomic E-state index is -0.460. The number of rotatable bonds is 12. The highest BCUT2D eigenvalue weighted by Gasteiger charge is 2.30. The molecule has 0 saturated carbocycles. The van der Waals surface area contributed by atoms with Crippen LogP contribution in [-0.2, 0) is 10.2 Å². The fourth-order valence-corrected chi connectivity index (χ4v) is 4.67. The van der Waals surface area contributed by atoms with E-state index in [0.717, 1.165) is 65.7 Å². The topological polar surface area (TPSA) is 64.3 Å². The maximum Gasteiger partial charge on any atom is 0.251 e. The summed E-state index contributed by atoms with van der Waals surface area (Å²) in [4.78, 5) is 12.8. The molecule has 0 bridgehead atoms. The largest absolute Gasteiger partial charge is 0.493 e. The summed E-state index contributed by atoms with van der Waals surface area (Å²) in [5, 5.41) is 3.20. The van der Waals surface area contributed by atoms with Gasteiger partial charge in [-0.2, -0.15) is 0 Å². The average molecular weight is 475 g/mol. The number of allylic oxidation sites excluding steroid dienone is 7. The highest BCUT2D eigenvalue weighted by Crippen LogP contribution is 2.41. The minimum Gasteiger partial charge on any atom is -0.493 e. The molecule has 3 N–H and O–H groups in total. The summed E-state index contributed by atoms with van der Waals surface area (Å²) in [6.07, 6.45) is 18.9. The van der Waals surface area contributed by atoms with E-state index in [-0.39, 0.29) is 5.41 Å². The van der Waals surface area contributed by atoms with E-state index >= 15 is 0 Å². The van der Waals surface area contributed by atoms with E-state index in [2.05, 4.69) is 69.6 Å². The lowest BCUT2D eigenvalue weighted by molar-refractivity contribution is 0.0998. The van der Waals surface area contributed by atoms with E-state index in [1.54, 1.807) is 12.3 Å². The van der Waals surface area contributed by atoms with Crippen molar-refractivity contribution in [2.45, 2.75) is 72.1 Å². The smallest absolute Gasteiger partial charge is 0.251 e. The van der Waals surface area contributed by atoms with Crippen molar-refractivity contribution in [2.75, 3.05) is 11.9 Å². The van der Waals surface area contributed by atoms with Crippen molar-refractivity contribution in [3.05, 3.63) is 89.4 Å². The number of hydrogen-bond donors (Lipinski definition) is 2. The zero-order valence-corrected chi connectivity index (χ0v) is 22.2. The standard InChI is InChI=1S/C31H42N2O2/c1-8-13-14-15-16-18-31(6,7)26-21-25(22(9-2)20-23-17-19-35-27(23)11-4)24(10-3)29(33-12-5)28(26)30(32)34/h9-14,20-21,33H,3,5,8,15-19H2,1-2,4,6-7H3,(H2,32,34)/b14-13+,22-9+,23-20-,27-11+. The monoisotopic (exact) mass is 474 g/mol. The van der Waals surface area contributed by atoms with Gasteiger partial charge in [0.25, 0.3) is 5.91 Å². The molecule has 0 unspecified atom stereocenters. The van der Waals surface area contributed by atoms with Crippen molar-refractivity contribution in [3.8, 4) is 0 Å². The van der Waals surface area contributed by atoms with Crippen LogP contribution in [0, 0.1) is 0 Å². The number of benzene rings is 1. The molecule has 188 valence electrons. The molecule has 35 heavy (non-hydrogen) atoms. The van der Waals surface area contributed by atoms with E-state index in [0.29, 0.717) is 17.9 Å².